The van der Waals surface area contributed by atoms with Crippen molar-refractivity contribution in [3.8, 4) is 11.5 Å². The fraction of sp³-hybridized carbons (Fsp3) is 0.353. The maximum absolute atomic E-state index is 13.6. The predicted octanol–water partition coefficient (Wildman–Crippen LogP) is 7.43. The van der Waals surface area contributed by atoms with Crippen LogP contribution >= 0.6 is 0 Å². The molecule has 1 aliphatic rings. The van der Waals surface area contributed by atoms with Crippen molar-refractivity contribution in [3.63, 3.8) is 0 Å². The van der Waals surface area contributed by atoms with Crippen molar-refractivity contribution in [1.82, 2.24) is 0 Å². The highest BCUT2D eigenvalue weighted by Crippen LogP contribution is 2.43. The Labute approximate surface area is 237 Å². The molecule has 0 spiro atoms. The van der Waals surface area contributed by atoms with Crippen molar-refractivity contribution in [3.05, 3.63) is 95.1 Å². The third-order valence-electron chi connectivity index (χ3n) is 6.71. The Hall–Kier alpha value is -4.06. The summed E-state index contributed by atoms with van der Waals surface area (Å²) in [6.07, 6.45) is 0.00279. The maximum atomic E-state index is 13.6. The van der Waals surface area contributed by atoms with Gasteiger partial charge in [0.1, 0.15) is 17.3 Å². The van der Waals surface area contributed by atoms with E-state index in [4.69, 9.17) is 9.47 Å². The van der Waals surface area contributed by atoms with Gasteiger partial charge in [0.25, 0.3) is 11.7 Å². The van der Waals surface area contributed by atoms with Gasteiger partial charge in [-0.2, -0.15) is 0 Å². The predicted molar refractivity (Wildman–Crippen MR) is 159 cm³/mol. The third kappa shape index (κ3) is 6.22. The van der Waals surface area contributed by atoms with Crippen LogP contribution in [0.4, 0.5) is 5.69 Å². The quantitative estimate of drug-likeness (QED) is 0.182. The largest absolute Gasteiger partial charge is 0.507 e. The zero-order chi connectivity index (χ0) is 29.2. The van der Waals surface area contributed by atoms with Crippen molar-refractivity contribution in [2.24, 2.45) is 5.92 Å². The first-order valence-corrected chi connectivity index (χ1v) is 13.8. The zero-order valence-corrected chi connectivity index (χ0v) is 24.4. The number of aliphatic hydroxyl groups excluding tert-OH is 1. The summed E-state index contributed by atoms with van der Waals surface area (Å²) in [5.41, 5.74) is 2.74. The van der Waals surface area contributed by atoms with E-state index in [1.165, 1.54) is 4.90 Å². The van der Waals surface area contributed by atoms with Gasteiger partial charge in [0, 0.05) is 11.3 Å². The monoisotopic (exact) mass is 541 g/mol. The molecule has 1 unspecified atom stereocenters. The van der Waals surface area contributed by atoms with E-state index in [1.807, 2.05) is 62.4 Å². The molecule has 1 saturated heterocycles. The highest BCUT2D eigenvalue weighted by Gasteiger charge is 2.47. The second kappa shape index (κ2) is 11.6. The van der Waals surface area contributed by atoms with Crippen molar-refractivity contribution in [2.75, 3.05) is 11.5 Å². The lowest BCUT2D eigenvalue weighted by Gasteiger charge is -2.27. The van der Waals surface area contributed by atoms with E-state index in [1.54, 1.807) is 24.3 Å². The molecular weight excluding hydrogens is 502 g/mol. The van der Waals surface area contributed by atoms with Gasteiger partial charge in [0.2, 0.25) is 0 Å². The van der Waals surface area contributed by atoms with Crippen LogP contribution in [0.5, 0.6) is 11.5 Å². The standard InChI is InChI=1S/C34H39NO5/c1-21(2)20-39-28-10-8-9-24(19-28)31(36)29-30(23-11-17-27(18-12-23)40-22(3)4)35(33(38)32(29)37)26-15-13-25(14-16-26)34(5,6)7/h8-19,21-22,30,36H,20H2,1-7H3/b31-29+. The van der Waals surface area contributed by atoms with Crippen LogP contribution in [0.1, 0.15) is 71.2 Å². The molecule has 0 saturated carbocycles. The van der Waals surface area contributed by atoms with Gasteiger partial charge in [-0.1, -0.05) is 71.0 Å². The fourth-order valence-electron chi connectivity index (χ4n) is 4.69. The average Bonchev–Trinajstić information content (AvgIpc) is 3.17. The summed E-state index contributed by atoms with van der Waals surface area (Å²) in [7, 11) is 0. The molecule has 1 amide bonds. The summed E-state index contributed by atoms with van der Waals surface area (Å²) in [6.45, 7) is 14.9. The molecule has 40 heavy (non-hydrogen) atoms. The van der Waals surface area contributed by atoms with E-state index in [0.29, 0.717) is 40.8 Å². The molecule has 3 aromatic carbocycles. The molecule has 0 bridgehead atoms. The summed E-state index contributed by atoms with van der Waals surface area (Å²) in [5.74, 6) is -0.0792. The van der Waals surface area contributed by atoms with Gasteiger partial charge in [0.15, 0.2) is 0 Å². The highest BCUT2D eigenvalue weighted by atomic mass is 16.5. The van der Waals surface area contributed by atoms with Crippen LogP contribution in [-0.4, -0.2) is 29.5 Å². The number of Topliss-reactive ketones (excluding diaryl/α,β-unsaturated/α-hetero) is 1. The first-order chi connectivity index (χ1) is 18.9. The summed E-state index contributed by atoms with van der Waals surface area (Å²) in [6, 6.07) is 21.1. The van der Waals surface area contributed by atoms with Gasteiger partial charge in [-0.05, 0) is 72.7 Å². The number of carbonyl (C=O) groups is 2. The minimum atomic E-state index is -0.825. The molecule has 1 fully saturated rings. The van der Waals surface area contributed by atoms with Gasteiger partial charge in [-0.15, -0.1) is 0 Å². The molecule has 1 heterocycles. The topological polar surface area (TPSA) is 76.1 Å². The smallest absolute Gasteiger partial charge is 0.300 e. The second-order valence-electron chi connectivity index (χ2n) is 11.9. The molecule has 0 aromatic heterocycles. The average molecular weight is 542 g/mol. The molecular formula is C34H39NO5. The number of anilines is 1. The second-order valence-corrected chi connectivity index (χ2v) is 11.9. The van der Waals surface area contributed by atoms with Gasteiger partial charge >= 0.3 is 0 Å². The minimum absolute atomic E-state index is 0.00279. The minimum Gasteiger partial charge on any atom is -0.507 e. The number of carbonyl (C=O) groups excluding carboxylic acids is 2. The lowest BCUT2D eigenvalue weighted by atomic mass is 9.87. The van der Waals surface area contributed by atoms with Gasteiger partial charge < -0.3 is 14.6 Å². The number of ketones is 1. The fourth-order valence-corrected chi connectivity index (χ4v) is 4.69. The highest BCUT2D eigenvalue weighted by molar-refractivity contribution is 6.51. The Morgan fingerprint density at radius 2 is 1.55 bits per heavy atom. The van der Waals surface area contributed by atoms with E-state index in [0.717, 1.165) is 5.56 Å². The van der Waals surface area contributed by atoms with Gasteiger partial charge in [-0.3, -0.25) is 14.5 Å². The zero-order valence-electron chi connectivity index (χ0n) is 24.4. The number of rotatable bonds is 8. The third-order valence-corrected chi connectivity index (χ3v) is 6.71. The molecule has 6 nitrogen and oxygen atoms in total. The summed E-state index contributed by atoms with van der Waals surface area (Å²) < 4.78 is 11.6. The molecule has 3 aromatic rings. The SMILES string of the molecule is CC(C)COc1cccc(/C(O)=C2\C(=O)C(=O)N(c3ccc(C(C)(C)C)cc3)C2c2ccc(OC(C)C)cc2)c1. The van der Waals surface area contributed by atoms with Crippen LogP contribution in [-0.2, 0) is 15.0 Å². The van der Waals surface area contributed by atoms with Crippen molar-refractivity contribution < 1.29 is 24.2 Å². The number of ether oxygens (including phenoxy) is 2. The molecule has 6 heteroatoms. The molecule has 4 rings (SSSR count). The normalized spacial score (nSPS) is 17.1. The molecule has 0 radical (unpaired) electrons. The maximum Gasteiger partial charge on any atom is 0.300 e. The first-order valence-electron chi connectivity index (χ1n) is 13.8. The molecule has 210 valence electrons. The number of benzene rings is 3. The van der Waals surface area contributed by atoms with Crippen molar-refractivity contribution >= 4 is 23.1 Å². The summed E-state index contributed by atoms with van der Waals surface area (Å²) in [5, 5.41) is 11.5. The van der Waals surface area contributed by atoms with Crippen molar-refractivity contribution in [2.45, 2.75) is 66.0 Å². The van der Waals surface area contributed by atoms with E-state index >= 15 is 0 Å². The summed E-state index contributed by atoms with van der Waals surface area (Å²) in [4.78, 5) is 28.6. The van der Waals surface area contributed by atoms with E-state index in [9.17, 15) is 14.7 Å². The van der Waals surface area contributed by atoms with Crippen molar-refractivity contribution in [1.29, 1.82) is 0 Å². The number of aliphatic hydroxyl groups is 1. The van der Waals surface area contributed by atoms with E-state index in [-0.39, 0.29) is 22.9 Å². The summed E-state index contributed by atoms with van der Waals surface area (Å²) >= 11 is 0. The van der Waals surface area contributed by atoms with Gasteiger partial charge in [-0.25, -0.2) is 0 Å². The Morgan fingerprint density at radius 3 is 2.12 bits per heavy atom. The molecule has 1 atom stereocenters. The van der Waals surface area contributed by atoms with E-state index < -0.39 is 17.7 Å². The first kappa shape index (κ1) is 28.9. The van der Waals surface area contributed by atoms with Crippen LogP contribution in [0.25, 0.3) is 5.76 Å². The number of hydrogen-bond acceptors (Lipinski definition) is 5. The Morgan fingerprint density at radius 1 is 0.900 bits per heavy atom. The van der Waals surface area contributed by atoms with Crippen LogP contribution in [0.3, 0.4) is 0 Å². The Kier molecular flexibility index (Phi) is 8.38. The lowest BCUT2D eigenvalue weighted by Crippen LogP contribution is -2.29. The van der Waals surface area contributed by atoms with E-state index in [2.05, 4.69) is 34.6 Å². The van der Waals surface area contributed by atoms with Crippen LogP contribution in [0.2, 0.25) is 0 Å². The molecule has 1 N–H and O–H groups in total. The number of amides is 1. The Balaban J connectivity index is 1.84. The Bertz CT molecular complexity index is 1400. The molecule has 1 aliphatic heterocycles. The van der Waals surface area contributed by atoms with Gasteiger partial charge in [0.05, 0.1) is 24.3 Å². The van der Waals surface area contributed by atoms with Crippen LogP contribution in [0, 0.1) is 5.92 Å². The lowest BCUT2D eigenvalue weighted by molar-refractivity contribution is -0.132. The number of nitrogens with zero attached hydrogens (tertiary/aromatic N) is 1. The molecule has 0 aliphatic carbocycles. The van der Waals surface area contributed by atoms with Crippen LogP contribution < -0.4 is 14.4 Å². The number of hydrogen-bond donors (Lipinski definition) is 1. The van der Waals surface area contributed by atoms with Crippen LogP contribution in [0.15, 0.2) is 78.4 Å².